The quantitative estimate of drug-likeness (QED) is 0.356. The number of ether oxygens (including phenoxy) is 2. The lowest BCUT2D eigenvalue weighted by molar-refractivity contribution is 0.0966. The van der Waals surface area contributed by atoms with E-state index in [1.807, 2.05) is 42.5 Å². The first kappa shape index (κ1) is 21.9. The third-order valence-corrected chi connectivity index (χ3v) is 6.29. The average molecular weight is 455 g/mol. The van der Waals surface area contributed by atoms with Crippen LogP contribution in [0.5, 0.6) is 11.5 Å². The molecule has 1 aliphatic carbocycles. The Bertz CT molecular complexity index is 1390. The Labute approximate surface area is 197 Å². The van der Waals surface area contributed by atoms with E-state index in [1.165, 1.54) is 17.5 Å². The van der Waals surface area contributed by atoms with E-state index in [0.717, 1.165) is 23.8 Å². The molecule has 0 atom stereocenters. The Balaban J connectivity index is 1.60. The molecule has 6 nitrogen and oxygen atoms in total. The molecule has 1 fully saturated rings. The Morgan fingerprint density at radius 2 is 1.65 bits per heavy atom. The fourth-order valence-corrected chi connectivity index (χ4v) is 4.51. The van der Waals surface area contributed by atoms with Crippen molar-refractivity contribution in [1.29, 1.82) is 0 Å². The number of carbonyl (C=O) groups is 1. The summed E-state index contributed by atoms with van der Waals surface area (Å²) >= 11 is 0. The van der Waals surface area contributed by atoms with Crippen LogP contribution < -0.4 is 15.0 Å². The standard InChI is InChI=1S/C28H26N2O4/c1-33-25-16-15-20(17-26(25)34-21-11-5-6-12-21)27-22-13-7-8-14-23(22)28(32)30(29-27)18-24(31)19-9-3-2-4-10-19/h2-4,7-10,13-17,21H,5-6,11-12,18H2,1H3. The lowest BCUT2D eigenvalue weighted by Crippen LogP contribution is -2.27. The van der Waals surface area contributed by atoms with Crippen molar-refractivity contribution in [3.05, 3.63) is 88.7 Å². The van der Waals surface area contributed by atoms with E-state index in [-0.39, 0.29) is 24.0 Å². The summed E-state index contributed by atoms with van der Waals surface area (Å²) in [6, 6.07) is 22.0. The first-order valence-electron chi connectivity index (χ1n) is 11.6. The molecule has 0 unspecified atom stereocenters. The van der Waals surface area contributed by atoms with E-state index >= 15 is 0 Å². The highest BCUT2D eigenvalue weighted by Gasteiger charge is 2.20. The molecule has 4 aromatic rings. The number of hydrogen-bond donors (Lipinski definition) is 0. The van der Waals surface area contributed by atoms with Crippen LogP contribution >= 0.6 is 0 Å². The molecule has 34 heavy (non-hydrogen) atoms. The maximum Gasteiger partial charge on any atom is 0.275 e. The van der Waals surface area contributed by atoms with Crippen LogP contribution in [-0.4, -0.2) is 28.8 Å². The lowest BCUT2D eigenvalue weighted by Gasteiger charge is -2.17. The summed E-state index contributed by atoms with van der Waals surface area (Å²) in [5, 5.41) is 5.90. The summed E-state index contributed by atoms with van der Waals surface area (Å²) < 4.78 is 13.1. The van der Waals surface area contributed by atoms with E-state index in [0.29, 0.717) is 28.1 Å². The Morgan fingerprint density at radius 1 is 0.941 bits per heavy atom. The molecule has 0 saturated heterocycles. The number of benzene rings is 3. The fraction of sp³-hybridized carbons (Fsp3) is 0.250. The van der Waals surface area contributed by atoms with Gasteiger partial charge in [-0.25, -0.2) is 4.68 Å². The van der Waals surface area contributed by atoms with E-state index in [9.17, 15) is 9.59 Å². The molecular weight excluding hydrogens is 428 g/mol. The molecule has 1 aromatic heterocycles. The SMILES string of the molecule is COc1ccc(-c2nn(CC(=O)c3ccccc3)c(=O)c3ccccc23)cc1OC1CCCC1. The van der Waals surface area contributed by atoms with Gasteiger partial charge in [0.25, 0.3) is 5.56 Å². The molecule has 172 valence electrons. The number of fused-ring (bicyclic) bond motifs is 1. The van der Waals surface area contributed by atoms with Crippen LogP contribution in [-0.2, 0) is 6.54 Å². The second-order valence-corrected chi connectivity index (χ2v) is 8.54. The van der Waals surface area contributed by atoms with Gasteiger partial charge in [0.2, 0.25) is 0 Å². The van der Waals surface area contributed by atoms with Gasteiger partial charge in [-0.05, 0) is 49.9 Å². The minimum Gasteiger partial charge on any atom is -0.493 e. The van der Waals surface area contributed by atoms with Crippen molar-refractivity contribution < 1.29 is 14.3 Å². The smallest absolute Gasteiger partial charge is 0.275 e. The van der Waals surface area contributed by atoms with Crippen molar-refractivity contribution in [2.24, 2.45) is 0 Å². The summed E-state index contributed by atoms with van der Waals surface area (Å²) in [6.45, 7) is -0.137. The molecule has 6 heteroatoms. The van der Waals surface area contributed by atoms with E-state index in [1.54, 1.807) is 37.4 Å². The molecule has 3 aromatic carbocycles. The zero-order valence-corrected chi connectivity index (χ0v) is 19.1. The molecule has 0 aliphatic heterocycles. The lowest BCUT2D eigenvalue weighted by atomic mass is 10.0. The molecule has 0 radical (unpaired) electrons. The van der Waals surface area contributed by atoms with Crippen LogP contribution in [0.25, 0.3) is 22.0 Å². The number of hydrogen-bond acceptors (Lipinski definition) is 5. The van der Waals surface area contributed by atoms with E-state index in [2.05, 4.69) is 5.10 Å². The third-order valence-electron chi connectivity index (χ3n) is 6.29. The van der Waals surface area contributed by atoms with Gasteiger partial charge in [0, 0.05) is 16.5 Å². The first-order valence-corrected chi connectivity index (χ1v) is 11.6. The number of aromatic nitrogens is 2. The molecular formula is C28H26N2O4. The maximum absolute atomic E-state index is 13.2. The first-order chi connectivity index (χ1) is 16.6. The van der Waals surface area contributed by atoms with Gasteiger partial charge in [-0.1, -0.05) is 48.5 Å². The summed E-state index contributed by atoms with van der Waals surface area (Å²) in [5.41, 5.74) is 1.67. The topological polar surface area (TPSA) is 70.4 Å². The molecule has 1 aliphatic rings. The number of carbonyl (C=O) groups excluding carboxylic acids is 1. The van der Waals surface area contributed by atoms with Crippen LogP contribution in [0.3, 0.4) is 0 Å². The van der Waals surface area contributed by atoms with Gasteiger partial charge in [-0.3, -0.25) is 9.59 Å². The number of methoxy groups -OCH3 is 1. The fourth-order valence-electron chi connectivity index (χ4n) is 4.51. The van der Waals surface area contributed by atoms with Crippen molar-refractivity contribution >= 4 is 16.6 Å². The Kier molecular flexibility index (Phi) is 6.12. The highest BCUT2D eigenvalue weighted by molar-refractivity contribution is 5.97. The molecule has 1 heterocycles. The second kappa shape index (κ2) is 9.51. The zero-order valence-electron chi connectivity index (χ0n) is 19.1. The zero-order chi connectivity index (χ0) is 23.5. The summed E-state index contributed by atoms with van der Waals surface area (Å²) in [6.07, 6.45) is 4.56. The van der Waals surface area contributed by atoms with E-state index in [4.69, 9.17) is 9.47 Å². The van der Waals surface area contributed by atoms with Crippen molar-refractivity contribution in [2.45, 2.75) is 38.3 Å². The molecule has 0 spiro atoms. The van der Waals surface area contributed by atoms with Gasteiger partial charge in [0.15, 0.2) is 17.3 Å². The monoisotopic (exact) mass is 454 g/mol. The predicted octanol–water partition coefficient (Wildman–Crippen LogP) is 5.28. The van der Waals surface area contributed by atoms with Crippen LogP contribution in [0.1, 0.15) is 36.0 Å². The van der Waals surface area contributed by atoms with Crippen LogP contribution in [0.2, 0.25) is 0 Å². The Morgan fingerprint density at radius 3 is 2.38 bits per heavy atom. The van der Waals surface area contributed by atoms with Gasteiger partial charge in [0.1, 0.15) is 6.54 Å². The number of ketones is 1. The predicted molar refractivity (Wildman–Crippen MR) is 132 cm³/mol. The normalized spacial score (nSPS) is 13.8. The number of nitrogens with zero attached hydrogens (tertiary/aromatic N) is 2. The minimum absolute atomic E-state index is 0.137. The van der Waals surface area contributed by atoms with Gasteiger partial charge in [0.05, 0.1) is 24.3 Å². The largest absolute Gasteiger partial charge is 0.493 e. The van der Waals surface area contributed by atoms with Crippen LogP contribution in [0.4, 0.5) is 0 Å². The van der Waals surface area contributed by atoms with Crippen molar-refractivity contribution in [3.63, 3.8) is 0 Å². The molecule has 5 rings (SSSR count). The molecule has 0 N–H and O–H groups in total. The summed E-state index contributed by atoms with van der Waals surface area (Å²) in [5.74, 6) is 1.15. The van der Waals surface area contributed by atoms with Gasteiger partial charge in [-0.15, -0.1) is 0 Å². The summed E-state index contributed by atoms with van der Waals surface area (Å²) in [7, 11) is 1.62. The molecule has 1 saturated carbocycles. The minimum atomic E-state index is -0.292. The van der Waals surface area contributed by atoms with Gasteiger partial charge in [-0.2, -0.15) is 5.10 Å². The van der Waals surface area contributed by atoms with Gasteiger partial charge >= 0.3 is 0 Å². The molecule has 0 amide bonds. The van der Waals surface area contributed by atoms with Crippen molar-refractivity contribution in [2.75, 3.05) is 7.11 Å². The Hall–Kier alpha value is -3.93. The van der Waals surface area contributed by atoms with Crippen molar-refractivity contribution in [1.82, 2.24) is 9.78 Å². The third kappa shape index (κ3) is 4.31. The number of Topliss-reactive ketones (excluding diaryl/α,β-unsaturated/α-hetero) is 1. The highest BCUT2D eigenvalue weighted by atomic mass is 16.5. The highest BCUT2D eigenvalue weighted by Crippen LogP contribution is 2.36. The van der Waals surface area contributed by atoms with Crippen molar-refractivity contribution in [3.8, 4) is 22.8 Å². The molecule has 0 bridgehead atoms. The van der Waals surface area contributed by atoms with Crippen LogP contribution in [0.15, 0.2) is 77.6 Å². The average Bonchev–Trinajstić information content (AvgIpc) is 3.39. The number of rotatable bonds is 7. The van der Waals surface area contributed by atoms with Gasteiger partial charge < -0.3 is 9.47 Å². The summed E-state index contributed by atoms with van der Waals surface area (Å²) in [4.78, 5) is 26.0. The second-order valence-electron chi connectivity index (χ2n) is 8.54. The maximum atomic E-state index is 13.2. The van der Waals surface area contributed by atoms with E-state index < -0.39 is 0 Å². The van der Waals surface area contributed by atoms with Crippen LogP contribution in [0, 0.1) is 0 Å².